The molecule has 0 spiro atoms. The van der Waals surface area contributed by atoms with Crippen molar-refractivity contribution in [2.24, 2.45) is 14.1 Å². The summed E-state index contributed by atoms with van der Waals surface area (Å²) in [6.45, 7) is -0.131. The van der Waals surface area contributed by atoms with Crippen LogP contribution in [0.2, 0.25) is 0 Å². The van der Waals surface area contributed by atoms with Gasteiger partial charge in [0.15, 0.2) is 11.5 Å². The first-order chi connectivity index (χ1) is 12.8. The van der Waals surface area contributed by atoms with Crippen molar-refractivity contribution in [2.45, 2.75) is 5.03 Å². The van der Waals surface area contributed by atoms with E-state index in [0.29, 0.717) is 10.6 Å². The molecule has 1 N–H and O–H groups in total. The van der Waals surface area contributed by atoms with Gasteiger partial charge in [0, 0.05) is 37.5 Å². The van der Waals surface area contributed by atoms with Crippen molar-refractivity contribution < 1.29 is 10.0 Å². The Hall–Kier alpha value is -3.05. The van der Waals surface area contributed by atoms with E-state index < -0.39 is 16.2 Å². The molecule has 3 aromatic rings. The molecule has 2 aromatic heterocycles. The maximum Gasteiger partial charge on any atom is 0.332 e. The van der Waals surface area contributed by atoms with E-state index in [1.54, 1.807) is 6.07 Å². The van der Waals surface area contributed by atoms with Crippen molar-refractivity contribution in [3.8, 4) is 11.4 Å². The highest BCUT2D eigenvalue weighted by molar-refractivity contribution is 7.99. The van der Waals surface area contributed by atoms with Gasteiger partial charge in [0.1, 0.15) is 10.4 Å². The van der Waals surface area contributed by atoms with Crippen LogP contribution in [0.5, 0.6) is 0 Å². The predicted molar refractivity (Wildman–Crippen MR) is 99.9 cm³/mol. The minimum absolute atomic E-state index is 0.125. The Kier molecular flexibility index (Phi) is 5.06. The Morgan fingerprint density at radius 2 is 1.96 bits per heavy atom. The van der Waals surface area contributed by atoms with E-state index in [0.717, 1.165) is 16.3 Å². The van der Waals surface area contributed by atoms with Crippen LogP contribution in [0.1, 0.15) is 0 Å². The molecule has 0 atom stereocenters. The summed E-state index contributed by atoms with van der Waals surface area (Å²) in [6.07, 6.45) is 0. The van der Waals surface area contributed by atoms with E-state index in [1.807, 2.05) is 0 Å². The first kappa shape index (κ1) is 18.7. The van der Waals surface area contributed by atoms with Gasteiger partial charge in [0.2, 0.25) is 0 Å². The number of hydrogen-bond donors (Lipinski definition) is 1. The molecule has 1 aromatic carbocycles. The number of nitrogens with zero attached hydrogens (tertiary/aromatic N) is 5. The monoisotopic (exact) mass is 389 g/mol. The Morgan fingerprint density at radius 3 is 2.63 bits per heavy atom. The number of non-ortho nitro benzene ring substituents is 1. The van der Waals surface area contributed by atoms with E-state index >= 15 is 0 Å². The van der Waals surface area contributed by atoms with Gasteiger partial charge in [-0.2, -0.15) is 0 Å². The molecule has 0 unspecified atom stereocenters. The highest BCUT2D eigenvalue weighted by Gasteiger charge is 2.19. The fourth-order valence-corrected chi connectivity index (χ4v) is 3.32. The second kappa shape index (κ2) is 7.29. The molecule has 0 aliphatic carbocycles. The van der Waals surface area contributed by atoms with Crippen LogP contribution >= 0.6 is 11.8 Å². The summed E-state index contributed by atoms with van der Waals surface area (Å²) in [5.74, 6) is 0.432. The third-order valence-corrected chi connectivity index (χ3v) is 4.87. The standard InChI is InChI=1S/C16H15N5O5S/c1-19-13-11(15(23)20(2)16(19)24)14(27-7-6-22)18-12(17-13)9-4-3-5-10(8-9)21(25)26/h3-5,8,22H,6-7H2,1-2H3. The van der Waals surface area contributed by atoms with Gasteiger partial charge in [-0.25, -0.2) is 14.8 Å². The van der Waals surface area contributed by atoms with Crippen LogP contribution in [-0.2, 0) is 14.1 Å². The largest absolute Gasteiger partial charge is 0.396 e. The zero-order valence-electron chi connectivity index (χ0n) is 14.4. The van der Waals surface area contributed by atoms with Crippen LogP contribution in [0.15, 0.2) is 38.9 Å². The van der Waals surface area contributed by atoms with Gasteiger partial charge in [-0.1, -0.05) is 12.1 Å². The van der Waals surface area contributed by atoms with Gasteiger partial charge < -0.3 is 5.11 Å². The first-order valence-corrected chi connectivity index (χ1v) is 8.80. The van der Waals surface area contributed by atoms with Crippen molar-refractivity contribution in [2.75, 3.05) is 12.4 Å². The SMILES string of the molecule is Cn1c(=O)c2c(SCCO)nc(-c3cccc([N+](=O)[O-])c3)nc2n(C)c1=O. The van der Waals surface area contributed by atoms with Crippen LogP contribution in [0.3, 0.4) is 0 Å². The smallest absolute Gasteiger partial charge is 0.332 e. The molecule has 0 saturated heterocycles. The molecule has 0 amide bonds. The summed E-state index contributed by atoms with van der Waals surface area (Å²) in [5, 5.41) is 20.6. The van der Waals surface area contributed by atoms with Crippen molar-refractivity contribution in [1.82, 2.24) is 19.1 Å². The highest BCUT2D eigenvalue weighted by Crippen LogP contribution is 2.27. The molecule has 0 aliphatic heterocycles. The molecule has 0 radical (unpaired) electrons. The van der Waals surface area contributed by atoms with Gasteiger partial charge in [-0.15, -0.1) is 11.8 Å². The lowest BCUT2D eigenvalue weighted by Gasteiger charge is -2.11. The number of thioether (sulfide) groups is 1. The fourth-order valence-electron chi connectivity index (χ4n) is 2.56. The van der Waals surface area contributed by atoms with Crippen LogP contribution in [0, 0.1) is 10.1 Å². The lowest BCUT2D eigenvalue weighted by Crippen LogP contribution is -2.37. The Balaban J connectivity index is 2.36. The molecular weight excluding hydrogens is 374 g/mol. The van der Waals surface area contributed by atoms with Gasteiger partial charge >= 0.3 is 5.69 Å². The molecule has 0 saturated carbocycles. The quantitative estimate of drug-likeness (QED) is 0.292. The summed E-state index contributed by atoms with van der Waals surface area (Å²) in [4.78, 5) is 44.0. The average molecular weight is 389 g/mol. The van der Waals surface area contributed by atoms with Crippen LogP contribution in [0.25, 0.3) is 22.4 Å². The minimum Gasteiger partial charge on any atom is -0.396 e. The number of hydrogen-bond acceptors (Lipinski definition) is 8. The average Bonchev–Trinajstić information content (AvgIpc) is 2.68. The fraction of sp³-hybridized carbons (Fsp3) is 0.250. The molecule has 11 heteroatoms. The second-order valence-electron chi connectivity index (χ2n) is 5.64. The zero-order chi connectivity index (χ0) is 19.7. The summed E-state index contributed by atoms with van der Waals surface area (Å²) in [5.41, 5.74) is -0.711. The number of aliphatic hydroxyl groups is 1. The predicted octanol–water partition coefficient (Wildman–Crippen LogP) is 0.687. The van der Waals surface area contributed by atoms with E-state index in [2.05, 4.69) is 9.97 Å². The Labute approximate surface area is 156 Å². The summed E-state index contributed by atoms with van der Waals surface area (Å²) in [6, 6.07) is 5.77. The van der Waals surface area contributed by atoms with E-state index in [-0.39, 0.29) is 34.9 Å². The Bertz CT molecular complexity index is 1170. The third kappa shape index (κ3) is 3.34. The van der Waals surface area contributed by atoms with Gasteiger partial charge in [-0.3, -0.25) is 24.0 Å². The third-order valence-electron chi connectivity index (χ3n) is 3.91. The number of aliphatic hydroxyl groups excluding tert-OH is 1. The normalized spacial score (nSPS) is 11.1. The van der Waals surface area contributed by atoms with Gasteiger partial charge in [0.05, 0.1) is 11.5 Å². The van der Waals surface area contributed by atoms with Crippen molar-refractivity contribution in [1.29, 1.82) is 0 Å². The van der Waals surface area contributed by atoms with Crippen molar-refractivity contribution in [3.63, 3.8) is 0 Å². The zero-order valence-corrected chi connectivity index (χ0v) is 15.3. The van der Waals surface area contributed by atoms with E-state index in [9.17, 15) is 19.7 Å². The molecule has 27 heavy (non-hydrogen) atoms. The van der Waals surface area contributed by atoms with Crippen LogP contribution in [-0.4, -0.2) is 41.5 Å². The topological polar surface area (TPSA) is 133 Å². The molecule has 0 aliphatic rings. The molecule has 0 bridgehead atoms. The summed E-state index contributed by atoms with van der Waals surface area (Å²) >= 11 is 1.14. The maximum absolute atomic E-state index is 12.6. The molecule has 140 valence electrons. The van der Waals surface area contributed by atoms with Gasteiger partial charge in [-0.05, 0) is 0 Å². The molecule has 0 fully saturated rings. The number of nitro benzene ring substituents is 1. The highest BCUT2D eigenvalue weighted by atomic mass is 32.2. The number of aromatic nitrogens is 4. The first-order valence-electron chi connectivity index (χ1n) is 7.81. The van der Waals surface area contributed by atoms with Crippen LogP contribution < -0.4 is 11.2 Å². The molecule has 2 heterocycles. The summed E-state index contributed by atoms with van der Waals surface area (Å²) < 4.78 is 2.18. The van der Waals surface area contributed by atoms with Crippen molar-refractivity contribution in [3.05, 3.63) is 55.2 Å². The van der Waals surface area contributed by atoms with E-state index in [1.165, 1.54) is 36.9 Å². The van der Waals surface area contributed by atoms with E-state index in [4.69, 9.17) is 5.11 Å². The molecule has 10 nitrogen and oxygen atoms in total. The minimum atomic E-state index is -0.547. The molecular formula is C16H15N5O5S. The second-order valence-corrected chi connectivity index (χ2v) is 6.72. The number of aryl methyl sites for hydroxylation is 1. The van der Waals surface area contributed by atoms with Crippen molar-refractivity contribution >= 4 is 28.5 Å². The van der Waals surface area contributed by atoms with Gasteiger partial charge in [0.25, 0.3) is 11.2 Å². The lowest BCUT2D eigenvalue weighted by atomic mass is 10.2. The number of nitro groups is 1. The number of benzene rings is 1. The Morgan fingerprint density at radius 1 is 1.22 bits per heavy atom. The number of rotatable bonds is 5. The van der Waals surface area contributed by atoms with Crippen LogP contribution in [0.4, 0.5) is 5.69 Å². The lowest BCUT2D eigenvalue weighted by molar-refractivity contribution is -0.384. The number of fused-ring (bicyclic) bond motifs is 1. The maximum atomic E-state index is 12.6. The summed E-state index contributed by atoms with van der Waals surface area (Å²) in [7, 11) is 2.84. The molecule has 3 rings (SSSR count).